The van der Waals surface area contributed by atoms with Crippen molar-refractivity contribution >= 4 is 17.6 Å². The third-order valence-corrected chi connectivity index (χ3v) is 6.38. The summed E-state index contributed by atoms with van der Waals surface area (Å²) in [7, 11) is 1.98. The predicted molar refractivity (Wildman–Crippen MR) is 113 cm³/mol. The highest BCUT2D eigenvalue weighted by molar-refractivity contribution is 6.30. The molecule has 7 nitrogen and oxygen atoms in total. The van der Waals surface area contributed by atoms with Crippen LogP contribution in [0.25, 0.3) is 0 Å². The number of nitrogens with one attached hydrogen (secondary N) is 1. The molecule has 29 heavy (non-hydrogen) atoms. The molecule has 0 bridgehead atoms. The summed E-state index contributed by atoms with van der Waals surface area (Å²) in [5.41, 5.74) is 1.28. The molecule has 1 aromatic carbocycles. The lowest BCUT2D eigenvalue weighted by molar-refractivity contribution is 0.159. The largest absolute Gasteiger partial charge is 0.335 e. The van der Waals surface area contributed by atoms with E-state index in [0.29, 0.717) is 5.92 Å². The highest BCUT2D eigenvalue weighted by Crippen LogP contribution is 2.26. The van der Waals surface area contributed by atoms with Gasteiger partial charge in [0, 0.05) is 56.8 Å². The summed E-state index contributed by atoms with van der Waals surface area (Å²) in [4.78, 5) is 17.1. The summed E-state index contributed by atoms with van der Waals surface area (Å²) in [6, 6.07) is 8.40. The number of nitrogens with zero attached hydrogens (tertiary/aromatic N) is 5. The van der Waals surface area contributed by atoms with Gasteiger partial charge in [-0.3, -0.25) is 4.90 Å². The quantitative estimate of drug-likeness (QED) is 0.831. The van der Waals surface area contributed by atoms with E-state index in [9.17, 15) is 4.79 Å². The van der Waals surface area contributed by atoms with E-state index < -0.39 is 0 Å². The standard InChI is InChI=1S/C21H29ClN6O/c1-26-15-23-25-20(26)17-6-12-28(13-7-17)21(29)24-19-8-10-27(11-9-19)14-16-2-4-18(22)5-3-16/h2-5,15,17,19H,6-14H2,1H3,(H,24,29). The Bertz CT molecular complexity index is 807. The number of rotatable bonds is 4. The fraction of sp³-hybridized carbons (Fsp3) is 0.571. The van der Waals surface area contributed by atoms with Crippen molar-refractivity contribution in [3.63, 3.8) is 0 Å². The van der Waals surface area contributed by atoms with E-state index in [1.807, 2.05) is 28.6 Å². The Labute approximate surface area is 177 Å². The Balaban J connectivity index is 1.19. The van der Waals surface area contributed by atoms with Crippen LogP contribution in [-0.2, 0) is 13.6 Å². The fourth-order valence-electron chi connectivity index (χ4n) is 4.35. The lowest BCUT2D eigenvalue weighted by Crippen LogP contribution is -2.50. The fourth-order valence-corrected chi connectivity index (χ4v) is 4.48. The highest BCUT2D eigenvalue weighted by Gasteiger charge is 2.28. The summed E-state index contributed by atoms with van der Waals surface area (Å²) < 4.78 is 1.98. The van der Waals surface area contributed by atoms with Gasteiger partial charge < -0.3 is 14.8 Å². The molecule has 8 heteroatoms. The third-order valence-electron chi connectivity index (χ3n) is 6.13. The lowest BCUT2D eigenvalue weighted by Gasteiger charge is -2.35. The topological polar surface area (TPSA) is 66.3 Å². The van der Waals surface area contributed by atoms with Crippen molar-refractivity contribution < 1.29 is 4.79 Å². The van der Waals surface area contributed by atoms with Crippen molar-refractivity contribution in [2.45, 2.75) is 44.2 Å². The van der Waals surface area contributed by atoms with Crippen LogP contribution in [0.1, 0.15) is 43.0 Å². The van der Waals surface area contributed by atoms with E-state index in [1.165, 1.54) is 5.56 Å². The van der Waals surface area contributed by atoms with Crippen molar-refractivity contribution in [2.24, 2.45) is 7.05 Å². The van der Waals surface area contributed by atoms with Crippen molar-refractivity contribution in [1.29, 1.82) is 0 Å². The zero-order valence-electron chi connectivity index (χ0n) is 16.9. The second-order valence-corrected chi connectivity index (χ2v) is 8.62. The molecule has 1 aromatic heterocycles. The molecule has 2 saturated heterocycles. The number of piperidine rings is 2. The number of amides is 2. The number of carbonyl (C=O) groups excluding carboxylic acids is 1. The van der Waals surface area contributed by atoms with Gasteiger partial charge in [0.2, 0.25) is 0 Å². The Kier molecular flexibility index (Phi) is 6.35. The number of hydrogen-bond acceptors (Lipinski definition) is 4. The van der Waals surface area contributed by atoms with Crippen molar-refractivity contribution in [1.82, 2.24) is 29.9 Å². The molecule has 1 N–H and O–H groups in total. The van der Waals surface area contributed by atoms with Gasteiger partial charge in [-0.25, -0.2) is 4.79 Å². The Morgan fingerprint density at radius 3 is 2.41 bits per heavy atom. The number of aromatic nitrogens is 3. The maximum absolute atomic E-state index is 12.7. The number of urea groups is 1. The molecule has 2 amide bonds. The molecule has 0 radical (unpaired) electrons. The molecule has 2 aliphatic heterocycles. The summed E-state index contributed by atoms with van der Waals surface area (Å²) in [5, 5.41) is 12.2. The first-order chi connectivity index (χ1) is 14.1. The SMILES string of the molecule is Cn1cnnc1C1CCN(C(=O)NC2CCN(Cc3ccc(Cl)cc3)CC2)CC1. The van der Waals surface area contributed by atoms with Gasteiger partial charge >= 0.3 is 6.03 Å². The van der Waals surface area contributed by atoms with Crippen LogP contribution >= 0.6 is 11.6 Å². The van der Waals surface area contributed by atoms with Crippen LogP contribution in [0.4, 0.5) is 4.79 Å². The molecular weight excluding hydrogens is 388 g/mol. The molecule has 0 unspecified atom stereocenters. The van der Waals surface area contributed by atoms with Gasteiger partial charge in [0.25, 0.3) is 0 Å². The van der Waals surface area contributed by atoms with Crippen LogP contribution in [0, 0.1) is 0 Å². The van der Waals surface area contributed by atoms with E-state index in [1.54, 1.807) is 6.33 Å². The number of benzene rings is 1. The first-order valence-electron chi connectivity index (χ1n) is 10.4. The summed E-state index contributed by atoms with van der Waals surface area (Å²) in [6.07, 6.45) is 5.62. The Hall–Kier alpha value is -2.12. The van der Waals surface area contributed by atoms with Crippen LogP contribution in [0.3, 0.4) is 0 Å². The van der Waals surface area contributed by atoms with E-state index in [-0.39, 0.29) is 12.1 Å². The van der Waals surface area contributed by atoms with Gasteiger partial charge in [-0.05, 0) is 43.4 Å². The maximum Gasteiger partial charge on any atom is 0.317 e. The molecule has 2 aliphatic rings. The molecule has 0 atom stereocenters. The van der Waals surface area contributed by atoms with Crippen LogP contribution in [0.2, 0.25) is 5.02 Å². The number of halogens is 1. The minimum atomic E-state index is 0.0811. The van der Waals surface area contributed by atoms with Crippen LogP contribution in [-0.4, -0.2) is 62.8 Å². The minimum Gasteiger partial charge on any atom is -0.335 e. The van der Waals surface area contributed by atoms with Crippen LogP contribution < -0.4 is 5.32 Å². The van der Waals surface area contributed by atoms with E-state index in [4.69, 9.17) is 11.6 Å². The molecule has 0 aliphatic carbocycles. The summed E-state index contributed by atoms with van der Waals surface area (Å²) in [5.74, 6) is 1.42. The molecule has 2 fully saturated rings. The second kappa shape index (κ2) is 9.13. The normalized spacial score (nSPS) is 19.4. The van der Waals surface area contributed by atoms with E-state index in [2.05, 4.69) is 32.5 Å². The van der Waals surface area contributed by atoms with Crippen molar-refractivity contribution in [2.75, 3.05) is 26.2 Å². The van der Waals surface area contributed by atoms with Gasteiger partial charge in [-0.2, -0.15) is 0 Å². The van der Waals surface area contributed by atoms with E-state index in [0.717, 1.165) is 69.3 Å². The molecular formula is C21H29ClN6O. The average Bonchev–Trinajstić information content (AvgIpc) is 3.17. The Morgan fingerprint density at radius 2 is 1.79 bits per heavy atom. The zero-order valence-corrected chi connectivity index (χ0v) is 17.7. The number of carbonyl (C=O) groups is 1. The molecule has 3 heterocycles. The summed E-state index contributed by atoms with van der Waals surface area (Å²) >= 11 is 5.96. The molecule has 2 aromatic rings. The molecule has 4 rings (SSSR count). The van der Waals surface area contributed by atoms with Crippen molar-refractivity contribution in [3.05, 3.63) is 47.0 Å². The van der Waals surface area contributed by atoms with Crippen LogP contribution in [0.5, 0.6) is 0 Å². The third kappa shape index (κ3) is 5.08. The minimum absolute atomic E-state index is 0.0811. The predicted octanol–water partition coefficient (Wildman–Crippen LogP) is 3.02. The maximum atomic E-state index is 12.7. The molecule has 156 valence electrons. The number of hydrogen-bond donors (Lipinski definition) is 1. The number of likely N-dealkylation sites (tertiary alicyclic amines) is 2. The summed E-state index contributed by atoms with van der Waals surface area (Å²) in [6.45, 7) is 4.49. The lowest BCUT2D eigenvalue weighted by atomic mass is 9.96. The van der Waals surface area contributed by atoms with Crippen LogP contribution in [0.15, 0.2) is 30.6 Å². The highest BCUT2D eigenvalue weighted by atomic mass is 35.5. The van der Waals surface area contributed by atoms with Gasteiger partial charge in [0.1, 0.15) is 12.2 Å². The zero-order chi connectivity index (χ0) is 20.2. The number of aryl methyl sites for hydroxylation is 1. The van der Waals surface area contributed by atoms with Gasteiger partial charge in [0.15, 0.2) is 0 Å². The smallest absolute Gasteiger partial charge is 0.317 e. The molecule has 0 spiro atoms. The first kappa shape index (κ1) is 20.2. The van der Waals surface area contributed by atoms with Gasteiger partial charge in [-0.15, -0.1) is 10.2 Å². The van der Waals surface area contributed by atoms with E-state index >= 15 is 0 Å². The Morgan fingerprint density at radius 1 is 1.10 bits per heavy atom. The second-order valence-electron chi connectivity index (χ2n) is 8.19. The van der Waals surface area contributed by atoms with Gasteiger partial charge in [-0.1, -0.05) is 23.7 Å². The van der Waals surface area contributed by atoms with Gasteiger partial charge in [0.05, 0.1) is 0 Å². The average molecular weight is 417 g/mol. The molecule has 0 saturated carbocycles. The monoisotopic (exact) mass is 416 g/mol. The van der Waals surface area contributed by atoms with Crippen molar-refractivity contribution in [3.8, 4) is 0 Å². The first-order valence-corrected chi connectivity index (χ1v) is 10.8.